The molecule has 0 bridgehead atoms. The second kappa shape index (κ2) is 8.73. The molecule has 0 atom stereocenters. The number of benzene rings is 1. The van der Waals surface area contributed by atoms with E-state index >= 15 is 0 Å². The van der Waals surface area contributed by atoms with Crippen molar-refractivity contribution in [2.24, 2.45) is 7.05 Å². The molecule has 0 saturated heterocycles. The summed E-state index contributed by atoms with van der Waals surface area (Å²) in [7, 11) is 3.61. The van der Waals surface area contributed by atoms with Gasteiger partial charge in [0.15, 0.2) is 22.1 Å². The van der Waals surface area contributed by atoms with Crippen LogP contribution in [0, 0.1) is 0 Å². The molecular formula is C20H23N5OS. The van der Waals surface area contributed by atoms with Gasteiger partial charge in [-0.25, -0.2) is 15.0 Å². The molecule has 0 aliphatic rings. The van der Waals surface area contributed by atoms with E-state index in [0.29, 0.717) is 13.1 Å². The van der Waals surface area contributed by atoms with Crippen LogP contribution in [0.15, 0.2) is 61.1 Å². The monoisotopic (exact) mass is 381 g/mol. The van der Waals surface area contributed by atoms with Crippen molar-refractivity contribution in [3.05, 3.63) is 61.5 Å². The summed E-state index contributed by atoms with van der Waals surface area (Å²) in [6.07, 6.45) is 5.47. The number of thioether (sulfide) groups is 1. The predicted molar refractivity (Wildman–Crippen MR) is 111 cm³/mol. The summed E-state index contributed by atoms with van der Waals surface area (Å²) in [5.74, 6) is 2.43. The van der Waals surface area contributed by atoms with E-state index in [0.717, 1.165) is 33.6 Å². The van der Waals surface area contributed by atoms with Crippen LogP contribution in [0.4, 0.5) is 5.82 Å². The molecule has 0 aliphatic carbocycles. The van der Waals surface area contributed by atoms with Crippen molar-refractivity contribution in [1.29, 1.82) is 0 Å². The Kier molecular flexibility index (Phi) is 6.13. The summed E-state index contributed by atoms with van der Waals surface area (Å²) in [5.41, 5.74) is 2.79. The second-order valence-corrected chi connectivity index (χ2v) is 6.92. The lowest BCUT2D eigenvalue weighted by Gasteiger charge is -2.21. The predicted octanol–water partition coefficient (Wildman–Crippen LogP) is 3.84. The lowest BCUT2D eigenvalue weighted by Crippen LogP contribution is -2.25. The van der Waals surface area contributed by atoms with E-state index < -0.39 is 0 Å². The van der Waals surface area contributed by atoms with Gasteiger partial charge in [-0.1, -0.05) is 36.0 Å². The molecule has 3 aromatic rings. The van der Waals surface area contributed by atoms with Gasteiger partial charge in [-0.2, -0.15) is 0 Å². The molecule has 1 aromatic carbocycles. The van der Waals surface area contributed by atoms with Crippen LogP contribution in [0.1, 0.15) is 5.56 Å². The average Bonchev–Trinajstić information content (AvgIpc) is 3.07. The highest BCUT2D eigenvalue weighted by Crippen LogP contribution is 2.28. The van der Waals surface area contributed by atoms with Crippen LogP contribution >= 0.6 is 11.8 Å². The molecule has 2 aromatic heterocycles. The zero-order chi connectivity index (χ0) is 19.2. The number of methoxy groups -OCH3 is 1. The number of fused-ring (bicyclic) bond motifs is 1. The van der Waals surface area contributed by atoms with Crippen molar-refractivity contribution in [3.8, 4) is 5.75 Å². The van der Waals surface area contributed by atoms with E-state index in [2.05, 4.69) is 35.2 Å². The molecule has 0 aliphatic heterocycles. The Morgan fingerprint density at radius 1 is 1.15 bits per heavy atom. The molecule has 3 rings (SSSR count). The Labute approximate surface area is 163 Å². The van der Waals surface area contributed by atoms with Gasteiger partial charge >= 0.3 is 0 Å². The normalized spacial score (nSPS) is 10.7. The van der Waals surface area contributed by atoms with Crippen molar-refractivity contribution < 1.29 is 4.74 Å². The lowest BCUT2D eigenvalue weighted by atomic mass is 10.2. The van der Waals surface area contributed by atoms with Crippen LogP contribution in [0.25, 0.3) is 11.2 Å². The summed E-state index contributed by atoms with van der Waals surface area (Å²) in [5, 5.41) is 0.718. The molecule has 0 radical (unpaired) electrons. The SMILES string of the molecule is C=CCN(CC=C)c1nc(SCc2ccc(OC)cc2)nc2c1ncn2C. The smallest absolute Gasteiger partial charge is 0.191 e. The van der Waals surface area contributed by atoms with Crippen LogP contribution < -0.4 is 9.64 Å². The number of hydrogen-bond donors (Lipinski definition) is 0. The van der Waals surface area contributed by atoms with Crippen molar-refractivity contribution in [1.82, 2.24) is 19.5 Å². The van der Waals surface area contributed by atoms with Gasteiger partial charge < -0.3 is 14.2 Å². The highest BCUT2D eigenvalue weighted by molar-refractivity contribution is 7.98. The number of aromatic nitrogens is 4. The van der Waals surface area contributed by atoms with Crippen LogP contribution in [-0.4, -0.2) is 39.7 Å². The number of imidazole rings is 1. The first-order valence-corrected chi connectivity index (χ1v) is 9.56. The third-order valence-corrected chi connectivity index (χ3v) is 4.96. The quantitative estimate of drug-likeness (QED) is 0.319. The maximum atomic E-state index is 5.21. The zero-order valence-electron chi connectivity index (χ0n) is 15.6. The van der Waals surface area contributed by atoms with Gasteiger partial charge in [0.05, 0.1) is 13.4 Å². The number of hydrogen-bond acceptors (Lipinski definition) is 6. The van der Waals surface area contributed by atoms with E-state index in [1.54, 1.807) is 25.2 Å². The van der Waals surface area contributed by atoms with Gasteiger partial charge in [-0.3, -0.25) is 0 Å². The highest BCUT2D eigenvalue weighted by Gasteiger charge is 2.17. The van der Waals surface area contributed by atoms with Gasteiger partial charge in [-0.15, -0.1) is 13.2 Å². The molecule has 0 fully saturated rings. The molecule has 0 unspecified atom stereocenters. The minimum atomic E-state index is 0.664. The van der Waals surface area contributed by atoms with Gasteiger partial charge in [0.2, 0.25) is 0 Å². The van der Waals surface area contributed by atoms with E-state index in [1.165, 1.54) is 5.56 Å². The second-order valence-electron chi connectivity index (χ2n) is 5.98. The fourth-order valence-electron chi connectivity index (χ4n) is 2.69. The third kappa shape index (κ3) is 4.31. The summed E-state index contributed by atoms with van der Waals surface area (Å²) >= 11 is 1.60. The molecule has 0 N–H and O–H groups in total. The van der Waals surface area contributed by atoms with Crippen molar-refractivity contribution >= 4 is 28.7 Å². The first-order chi connectivity index (χ1) is 13.2. The Morgan fingerprint density at radius 2 is 1.85 bits per heavy atom. The number of aryl methyl sites for hydroxylation is 1. The fraction of sp³-hybridized carbons (Fsp3) is 0.250. The van der Waals surface area contributed by atoms with Crippen molar-refractivity contribution in [3.63, 3.8) is 0 Å². The lowest BCUT2D eigenvalue weighted by molar-refractivity contribution is 0.414. The summed E-state index contributed by atoms with van der Waals surface area (Å²) in [6.45, 7) is 9.02. The average molecular weight is 382 g/mol. The number of ether oxygens (including phenoxy) is 1. The first kappa shape index (κ1) is 19.0. The Balaban J connectivity index is 1.91. The van der Waals surface area contributed by atoms with Crippen LogP contribution in [0.5, 0.6) is 5.75 Å². The molecule has 6 nitrogen and oxygen atoms in total. The van der Waals surface area contributed by atoms with Gasteiger partial charge in [0.1, 0.15) is 5.75 Å². The molecule has 7 heteroatoms. The molecule has 0 spiro atoms. The molecular weight excluding hydrogens is 358 g/mol. The first-order valence-electron chi connectivity index (χ1n) is 8.57. The Bertz CT molecular complexity index is 925. The van der Waals surface area contributed by atoms with Crippen molar-refractivity contribution in [2.45, 2.75) is 10.9 Å². The van der Waals surface area contributed by atoms with Gasteiger partial charge in [-0.05, 0) is 17.7 Å². The Morgan fingerprint density at radius 3 is 2.48 bits per heavy atom. The van der Waals surface area contributed by atoms with E-state index in [1.807, 2.05) is 35.9 Å². The third-order valence-electron chi connectivity index (χ3n) is 4.05. The van der Waals surface area contributed by atoms with E-state index in [9.17, 15) is 0 Å². The van der Waals surface area contributed by atoms with Gasteiger partial charge in [0.25, 0.3) is 0 Å². The summed E-state index contributed by atoms with van der Waals surface area (Å²) in [4.78, 5) is 16.1. The molecule has 0 amide bonds. The molecule has 140 valence electrons. The largest absolute Gasteiger partial charge is 0.497 e. The molecule has 2 heterocycles. The summed E-state index contributed by atoms with van der Waals surface area (Å²) < 4.78 is 7.12. The fourth-order valence-corrected chi connectivity index (χ4v) is 3.48. The molecule has 27 heavy (non-hydrogen) atoms. The maximum absolute atomic E-state index is 5.21. The maximum Gasteiger partial charge on any atom is 0.191 e. The van der Waals surface area contributed by atoms with Crippen LogP contribution in [-0.2, 0) is 12.8 Å². The number of nitrogens with zero attached hydrogens (tertiary/aromatic N) is 5. The number of anilines is 1. The summed E-state index contributed by atoms with van der Waals surface area (Å²) in [6, 6.07) is 8.03. The standard InChI is InChI=1S/C20H23N5OS/c1-5-11-25(12-6-2)19-17-18(24(3)14-21-17)22-20(23-19)27-13-15-7-9-16(26-4)10-8-15/h5-10,14H,1-2,11-13H2,3-4H3. The topological polar surface area (TPSA) is 56.1 Å². The van der Waals surface area contributed by atoms with Crippen LogP contribution in [0.3, 0.4) is 0 Å². The highest BCUT2D eigenvalue weighted by atomic mass is 32.2. The van der Waals surface area contributed by atoms with E-state index in [4.69, 9.17) is 14.7 Å². The molecule has 0 saturated carbocycles. The van der Waals surface area contributed by atoms with E-state index in [-0.39, 0.29) is 0 Å². The Hall–Kier alpha value is -2.80. The minimum absolute atomic E-state index is 0.664. The van der Waals surface area contributed by atoms with Gasteiger partial charge in [0, 0.05) is 25.9 Å². The minimum Gasteiger partial charge on any atom is -0.497 e. The van der Waals surface area contributed by atoms with Crippen molar-refractivity contribution in [2.75, 3.05) is 25.1 Å². The zero-order valence-corrected chi connectivity index (χ0v) is 16.4. The number of rotatable bonds is 9. The van der Waals surface area contributed by atoms with Crippen LogP contribution in [0.2, 0.25) is 0 Å².